The number of benzene rings is 1. The van der Waals surface area contributed by atoms with Crippen LogP contribution in [0.2, 0.25) is 0 Å². The third-order valence-corrected chi connectivity index (χ3v) is 2.13. The molecule has 0 saturated heterocycles. The van der Waals surface area contributed by atoms with Gasteiger partial charge in [0.1, 0.15) is 5.82 Å². The van der Waals surface area contributed by atoms with Gasteiger partial charge in [-0.2, -0.15) is 0 Å². The number of para-hydroxylation sites is 1. The molecule has 0 radical (unpaired) electrons. The van der Waals surface area contributed by atoms with E-state index in [0.29, 0.717) is 10.9 Å². The fourth-order valence-corrected chi connectivity index (χ4v) is 1.48. The maximum atomic E-state index is 13.3. The number of aromatic nitrogens is 1. The van der Waals surface area contributed by atoms with Gasteiger partial charge in [-0.25, -0.2) is 4.39 Å². The van der Waals surface area contributed by atoms with Crippen molar-refractivity contribution in [1.29, 1.82) is 0 Å². The van der Waals surface area contributed by atoms with Gasteiger partial charge in [0.15, 0.2) is 0 Å². The van der Waals surface area contributed by atoms with Gasteiger partial charge in [-0.1, -0.05) is 12.1 Å². The molecule has 0 fully saturated rings. The minimum Gasteiger partial charge on any atom is -0.326 e. The highest BCUT2D eigenvalue weighted by atomic mass is 19.1. The number of aromatic amines is 1. The summed E-state index contributed by atoms with van der Waals surface area (Å²) in [6.45, 7) is 0.226. The van der Waals surface area contributed by atoms with Crippen molar-refractivity contribution in [3.63, 3.8) is 0 Å². The Bertz CT molecular complexity index is 533. The first-order chi connectivity index (χ1) is 6.72. The Hall–Kier alpha value is -1.68. The summed E-state index contributed by atoms with van der Waals surface area (Å²) in [6, 6.07) is 6.02. The van der Waals surface area contributed by atoms with E-state index < -0.39 is 5.82 Å². The highest BCUT2D eigenvalue weighted by Gasteiger charge is 2.05. The van der Waals surface area contributed by atoms with E-state index in [1.807, 2.05) is 0 Å². The molecule has 0 unspecified atom stereocenters. The maximum absolute atomic E-state index is 13.3. The second-order valence-electron chi connectivity index (χ2n) is 3.03. The SMILES string of the molecule is NCc1cc(=O)[nH]c2c(F)cccc12. The van der Waals surface area contributed by atoms with Crippen LogP contribution in [-0.4, -0.2) is 4.98 Å². The predicted octanol–water partition coefficient (Wildman–Crippen LogP) is 1.13. The molecule has 2 aromatic rings. The van der Waals surface area contributed by atoms with Gasteiger partial charge in [-0.05, 0) is 11.6 Å². The topological polar surface area (TPSA) is 58.9 Å². The van der Waals surface area contributed by atoms with Crippen LogP contribution in [0.15, 0.2) is 29.1 Å². The quantitative estimate of drug-likeness (QED) is 0.711. The Morgan fingerprint density at radius 1 is 1.43 bits per heavy atom. The maximum Gasteiger partial charge on any atom is 0.248 e. The van der Waals surface area contributed by atoms with Gasteiger partial charge in [0.25, 0.3) is 0 Å². The van der Waals surface area contributed by atoms with Crippen molar-refractivity contribution in [2.45, 2.75) is 6.54 Å². The number of hydrogen-bond acceptors (Lipinski definition) is 2. The van der Waals surface area contributed by atoms with Gasteiger partial charge in [0.2, 0.25) is 5.56 Å². The van der Waals surface area contributed by atoms with Crippen molar-refractivity contribution in [2.24, 2.45) is 5.73 Å². The molecule has 0 aliphatic carbocycles. The summed E-state index contributed by atoms with van der Waals surface area (Å²) in [6.07, 6.45) is 0. The Balaban J connectivity index is 2.94. The van der Waals surface area contributed by atoms with E-state index in [2.05, 4.69) is 4.98 Å². The molecule has 3 N–H and O–H groups in total. The van der Waals surface area contributed by atoms with Crippen LogP contribution in [0.1, 0.15) is 5.56 Å². The summed E-state index contributed by atoms with van der Waals surface area (Å²) in [5, 5.41) is 0.659. The molecule has 72 valence electrons. The Morgan fingerprint density at radius 3 is 2.93 bits per heavy atom. The lowest BCUT2D eigenvalue weighted by atomic mass is 10.1. The molecule has 0 aliphatic heterocycles. The minimum atomic E-state index is -0.435. The lowest BCUT2D eigenvalue weighted by Gasteiger charge is -2.03. The Labute approximate surface area is 79.4 Å². The lowest BCUT2D eigenvalue weighted by molar-refractivity contribution is 0.636. The fourth-order valence-electron chi connectivity index (χ4n) is 1.48. The molecule has 0 spiro atoms. The molecule has 0 atom stereocenters. The monoisotopic (exact) mass is 192 g/mol. The van der Waals surface area contributed by atoms with Crippen LogP contribution in [0.3, 0.4) is 0 Å². The molecule has 0 bridgehead atoms. The highest BCUT2D eigenvalue weighted by Crippen LogP contribution is 2.16. The zero-order valence-corrected chi connectivity index (χ0v) is 7.38. The standard InChI is InChI=1S/C10H9FN2O/c11-8-3-1-2-7-6(5-12)4-9(14)13-10(7)8/h1-4H,5,12H2,(H,13,14). The molecule has 4 heteroatoms. The summed E-state index contributed by atoms with van der Waals surface area (Å²) in [4.78, 5) is 13.6. The number of hydrogen-bond donors (Lipinski definition) is 2. The molecule has 3 nitrogen and oxygen atoms in total. The van der Waals surface area contributed by atoms with E-state index in [1.165, 1.54) is 12.1 Å². The van der Waals surface area contributed by atoms with Gasteiger partial charge >= 0.3 is 0 Å². The van der Waals surface area contributed by atoms with Crippen molar-refractivity contribution in [2.75, 3.05) is 0 Å². The molecule has 0 saturated carbocycles. The zero-order chi connectivity index (χ0) is 10.1. The smallest absolute Gasteiger partial charge is 0.248 e. The van der Waals surface area contributed by atoms with E-state index in [1.54, 1.807) is 12.1 Å². The van der Waals surface area contributed by atoms with E-state index >= 15 is 0 Å². The largest absolute Gasteiger partial charge is 0.326 e. The number of nitrogens with one attached hydrogen (secondary N) is 1. The summed E-state index contributed by atoms with van der Waals surface area (Å²) in [5.74, 6) is -0.435. The first-order valence-electron chi connectivity index (χ1n) is 4.23. The second-order valence-corrected chi connectivity index (χ2v) is 3.03. The van der Waals surface area contributed by atoms with Crippen LogP contribution in [0.5, 0.6) is 0 Å². The third kappa shape index (κ3) is 1.29. The Morgan fingerprint density at radius 2 is 2.21 bits per heavy atom. The van der Waals surface area contributed by atoms with Crippen molar-refractivity contribution in [1.82, 2.24) is 4.98 Å². The molecular weight excluding hydrogens is 183 g/mol. The molecule has 2 rings (SSSR count). The van der Waals surface area contributed by atoms with E-state index in [0.717, 1.165) is 0 Å². The Kier molecular flexibility index (Phi) is 2.05. The summed E-state index contributed by atoms with van der Waals surface area (Å²) < 4.78 is 13.3. The number of rotatable bonds is 1. The van der Waals surface area contributed by atoms with Gasteiger partial charge in [0.05, 0.1) is 5.52 Å². The summed E-state index contributed by atoms with van der Waals surface area (Å²) >= 11 is 0. The molecule has 0 amide bonds. The minimum absolute atomic E-state index is 0.223. The first-order valence-corrected chi connectivity index (χ1v) is 4.23. The summed E-state index contributed by atoms with van der Waals surface area (Å²) in [7, 11) is 0. The number of pyridine rings is 1. The average molecular weight is 192 g/mol. The first kappa shape index (κ1) is 8.90. The van der Waals surface area contributed by atoms with E-state index in [-0.39, 0.29) is 17.6 Å². The fraction of sp³-hybridized carbons (Fsp3) is 0.100. The molecule has 0 aliphatic rings. The predicted molar refractivity (Wildman–Crippen MR) is 52.4 cm³/mol. The second kappa shape index (κ2) is 3.23. The van der Waals surface area contributed by atoms with E-state index in [4.69, 9.17) is 5.73 Å². The summed E-state index contributed by atoms with van der Waals surface area (Å²) in [5.41, 5.74) is 6.01. The van der Waals surface area contributed by atoms with Crippen LogP contribution in [0.4, 0.5) is 4.39 Å². The molecule has 1 heterocycles. The number of fused-ring (bicyclic) bond motifs is 1. The van der Waals surface area contributed by atoms with Crippen LogP contribution >= 0.6 is 0 Å². The van der Waals surface area contributed by atoms with Crippen LogP contribution in [-0.2, 0) is 6.54 Å². The number of H-pyrrole nitrogens is 1. The van der Waals surface area contributed by atoms with Crippen LogP contribution in [0, 0.1) is 5.82 Å². The van der Waals surface area contributed by atoms with E-state index in [9.17, 15) is 9.18 Å². The molecule has 14 heavy (non-hydrogen) atoms. The lowest BCUT2D eigenvalue weighted by Crippen LogP contribution is -2.10. The van der Waals surface area contributed by atoms with Gasteiger partial charge < -0.3 is 10.7 Å². The van der Waals surface area contributed by atoms with Gasteiger partial charge in [0, 0.05) is 18.0 Å². The van der Waals surface area contributed by atoms with Gasteiger partial charge in [-0.15, -0.1) is 0 Å². The van der Waals surface area contributed by atoms with Gasteiger partial charge in [-0.3, -0.25) is 4.79 Å². The van der Waals surface area contributed by atoms with Crippen LogP contribution in [0.25, 0.3) is 10.9 Å². The normalized spacial score (nSPS) is 10.7. The van der Waals surface area contributed by atoms with Crippen molar-refractivity contribution in [3.05, 3.63) is 46.0 Å². The molecule has 1 aromatic heterocycles. The number of halogens is 1. The van der Waals surface area contributed by atoms with Crippen LogP contribution < -0.4 is 11.3 Å². The third-order valence-electron chi connectivity index (χ3n) is 2.13. The molecular formula is C10H9FN2O. The van der Waals surface area contributed by atoms with Crippen molar-refractivity contribution in [3.8, 4) is 0 Å². The number of nitrogens with two attached hydrogens (primary N) is 1. The van der Waals surface area contributed by atoms with Crippen molar-refractivity contribution >= 4 is 10.9 Å². The zero-order valence-electron chi connectivity index (χ0n) is 7.38. The molecule has 1 aromatic carbocycles. The average Bonchev–Trinajstić information content (AvgIpc) is 2.18. The highest BCUT2D eigenvalue weighted by molar-refractivity contribution is 5.82. The van der Waals surface area contributed by atoms with Crippen molar-refractivity contribution < 1.29 is 4.39 Å².